The minimum Gasteiger partial charge on any atom is -0.497 e. The van der Waals surface area contributed by atoms with E-state index in [1.807, 2.05) is 35.8 Å². The van der Waals surface area contributed by atoms with Gasteiger partial charge in [0.05, 0.1) is 12.9 Å². The SMILES string of the molecule is COc1ccc(-n2c(C)nnc2SCC(=O)N(Cc2ccccc2F)C2CC2)cc1. The summed E-state index contributed by atoms with van der Waals surface area (Å²) in [6, 6.07) is 14.4. The highest BCUT2D eigenvalue weighted by Gasteiger charge is 2.33. The Hall–Kier alpha value is -2.87. The molecule has 1 saturated carbocycles. The fourth-order valence-corrected chi connectivity index (χ4v) is 4.18. The summed E-state index contributed by atoms with van der Waals surface area (Å²) in [5.74, 6) is 1.42. The van der Waals surface area contributed by atoms with E-state index in [-0.39, 0.29) is 23.5 Å². The molecule has 3 aromatic rings. The number of nitrogens with zero attached hydrogens (tertiary/aromatic N) is 4. The van der Waals surface area contributed by atoms with Crippen LogP contribution in [0.25, 0.3) is 5.69 Å². The van der Waals surface area contributed by atoms with Crippen LogP contribution < -0.4 is 4.74 Å². The second-order valence-corrected chi connectivity index (χ2v) is 8.14. The van der Waals surface area contributed by atoms with Crippen molar-refractivity contribution in [1.29, 1.82) is 0 Å². The van der Waals surface area contributed by atoms with Gasteiger partial charge in [0.25, 0.3) is 0 Å². The van der Waals surface area contributed by atoms with Crippen molar-refractivity contribution in [1.82, 2.24) is 19.7 Å². The van der Waals surface area contributed by atoms with Gasteiger partial charge in [0.15, 0.2) is 5.16 Å². The van der Waals surface area contributed by atoms with Crippen LogP contribution in [0.5, 0.6) is 5.75 Å². The number of methoxy groups -OCH3 is 1. The molecule has 1 heterocycles. The van der Waals surface area contributed by atoms with E-state index in [4.69, 9.17) is 4.74 Å². The lowest BCUT2D eigenvalue weighted by atomic mass is 10.2. The maximum absolute atomic E-state index is 14.1. The summed E-state index contributed by atoms with van der Waals surface area (Å²) >= 11 is 1.34. The topological polar surface area (TPSA) is 60.2 Å². The quantitative estimate of drug-likeness (QED) is 0.510. The highest BCUT2D eigenvalue weighted by molar-refractivity contribution is 7.99. The van der Waals surface area contributed by atoms with Crippen LogP contribution in [0, 0.1) is 12.7 Å². The normalized spacial score (nSPS) is 13.3. The standard InChI is InChI=1S/C22H23FN4O2S/c1-15-24-25-22(27(15)18-9-11-19(29-2)12-10-18)30-14-21(28)26(17-7-8-17)13-16-5-3-4-6-20(16)23/h3-6,9-12,17H,7-8,13-14H2,1-2H3. The summed E-state index contributed by atoms with van der Waals surface area (Å²) in [4.78, 5) is 14.7. The molecule has 1 fully saturated rings. The van der Waals surface area contributed by atoms with Crippen molar-refractivity contribution in [2.45, 2.75) is 37.5 Å². The van der Waals surface area contributed by atoms with Crippen molar-refractivity contribution >= 4 is 17.7 Å². The number of rotatable bonds is 8. The maximum atomic E-state index is 14.1. The molecule has 156 valence electrons. The van der Waals surface area contributed by atoms with Crippen LogP contribution in [0.15, 0.2) is 53.7 Å². The first kappa shape index (κ1) is 20.4. The molecule has 6 nitrogen and oxygen atoms in total. The van der Waals surface area contributed by atoms with Gasteiger partial charge in [-0.05, 0) is 50.1 Å². The lowest BCUT2D eigenvalue weighted by molar-refractivity contribution is -0.129. The molecule has 0 bridgehead atoms. The molecule has 0 unspecified atom stereocenters. The van der Waals surface area contributed by atoms with Crippen LogP contribution in [-0.4, -0.2) is 44.5 Å². The number of hydrogen-bond donors (Lipinski definition) is 0. The van der Waals surface area contributed by atoms with Crippen LogP contribution in [0.3, 0.4) is 0 Å². The summed E-state index contributed by atoms with van der Waals surface area (Å²) in [7, 11) is 1.62. The zero-order valence-corrected chi connectivity index (χ0v) is 17.7. The van der Waals surface area contributed by atoms with Gasteiger partial charge in [0.1, 0.15) is 17.4 Å². The number of carbonyl (C=O) groups is 1. The number of amides is 1. The first-order chi connectivity index (χ1) is 14.6. The van der Waals surface area contributed by atoms with Gasteiger partial charge in [-0.1, -0.05) is 30.0 Å². The van der Waals surface area contributed by atoms with Crippen molar-refractivity contribution in [3.63, 3.8) is 0 Å². The van der Waals surface area contributed by atoms with Gasteiger partial charge in [-0.2, -0.15) is 0 Å². The number of aromatic nitrogens is 3. The van der Waals surface area contributed by atoms with Gasteiger partial charge in [-0.15, -0.1) is 10.2 Å². The van der Waals surface area contributed by atoms with Crippen LogP contribution in [0.4, 0.5) is 4.39 Å². The number of hydrogen-bond acceptors (Lipinski definition) is 5. The van der Waals surface area contributed by atoms with Gasteiger partial charge >= 0.3 is 0 Å². The van der Waals surface area contributed by atoms with E-state index < -0.39 is 0 Å². The minimum absolute atomic E-state index is 0.0207. The van der Waals surface area contributed by atoms with Crippen LogP contribution in [0.1, 0.15) is 24.2 Å². The monoisotopic (exact) mass is 426 g/mol. The average Bonchev–Trinajstić information content (AvgIpc) is 3.53. The second-order valence-electron chi connectivity index (χ2n) is 7.20. The molecule has 0 saturated heterocycles. The zero-order valence-electron chi connectivity index (χ0n) is 16.9. The fourth-order valence-electron chi connectivity index (χ4n) is 3.29. The molecule has 2 aromatic carbocycles. The molecule has 1 amide bonds. The van der Waals surface area contributed by atoms with Crippen molar-refractivity contribution in [2.24, 2.45) is 0 Å². The van der Waals surface area contributed by atoms with E-state index in [0.29, 0.717) is 17.3 Å². The van der Waals surface area contributed by atoms with Gasteiger partial charge in [-0.25, -0.2) is 4.39 Å². The molecule has 0 N–H and O–H groups in total. The van der Waals surface area contributed by atoms with Crippen molar-refractivity contribution in [3.05, 3.63) is 65.7 Å². The third-order valence-corrected chi connectivity index (χ3v) is 5.97. The lowest BCUT2D eigenvalue weighted by Crippen LogP contribution is -2.34. The molecule has 0 spiro atoms. The molecular weight excluding hydrogens is 403 g/mol. The van der Waals surface area contributed by atoms with Crippen molar-refractivity contribution in [2.75, 3.05) is 12.9 Å². The molecular formula is C22H23FN4O2S. The molecule has 8 heteroatoms. The van der Waals surface area contributed by atoms with E-state index in [2.05, 4.69) is 10.2 Å². The molecule has 1 aliphatic rings. The van der Waals surface area contributed by atoms with Crippen molar-refractivity contribution < 1.29 is 13.9 Å². The van der Waals surface area contributed by atoms with Crippen LogP contribution >= 0.6 is 11.8 Å². The molecule has 30 heavy (non-hydrogen) atoms. The largest absolute Gasteiger partial charge is 0.497 e. The highest BCUT2D eigenvalue weighted by Crippen LogP contribution is 2.30. The van der Waals surface area contributed by atoms with Gasteiger partial charge < -0.3 is 9.64 Å². The third-order valence-electron chi connectivity index (χ3n) is 5.06. The predicted octanol–water partition coefficient (Wildman–Crippen LogP) is 4.01. The molecule has 0 atom stereocenters. The maximum Gasteiger partial charge on any atom is 0.233 e. The Morgan fingerprint density at radius 1 is 1.20 bits per heavy atom. The first-order valence-electron chi connectivity index (χ1n) is 9.79. The van der Waals surface area contributed by atoms with E-state index in [9.17, 15) is 9.18 Å². The van der Waals surface area contributed by atoms with E-state index >= 15 is 0 Å². The highest BCUT2D eigenvalue weighted by atomic mass is 32.2. The number of aryl methyl sites for hydroxylation is 1. The first-order valence-corrected chi connectivity index (χ1v) is 10.8. The number of carbonyl (C=O) groups excluding carboxylic acids is 1. The number of halogens is 1. The van der Waals surface area contributed by atoms with Crippen LogP contribution in [-0.2, 0) is 11.3 Å². The van der Waals surface area contributed by atoms with Gasteiger partial charge in [0.2, 0.25) is 5.91 Å². The second kappa shape index (κ2) is 8.87. The summed E-state index contributed by atoms with van der Waals surface area (Å²) in [5.41, 5.74) is 1.44. The van der Waals surface area contributed by atoms with Gasteiger partial charge in [0, 0.05) is 23.8 Å². The Balaban J connectivity index is 1.47. The molecule has 0 aliphatic heterocycles. The summed E-state index contributed by atoms with van der Waals surface area (Å²) in [5, 5.41) is 9.06. The Morgan fingerprint density at radius 3 is 2.60 bits per heavy atom. The summed E-state index contributed by atoms with van der Waals surface area (Å²) in [6.07, 6.45) is 1.93. The molecule has 0 radical (unpaired) electrons. The molecule has 1 aromatic heterocycles. The number of thioether (sulfide) groups is 1. The van der Waals surface area contributed by atoms with E-state index in [1.54, 1.807) is 30.2 Å². The lowest BCUT2D eigenvalue weighted by Gasteiger charge is -2.22. The van der Waals surface area contributed by atoms with E-state index in [1.165, 1.54) is 17.8 Å². The third kappa shape index (κ3) is 4.48. The molecule has 1 aliphatic carbocycles. The Kier molecular flexibility index (Phi) is 6.03. The Morgan fingerprint density at radius 2 is 1.93 bits per heavy atom. The fraction of sp³-hybridized carbons (Fsp3) is 0.318. The molecule has 4 rings (SSSR count). The zero-order chi connectivity index (χ0) is 21.1. The minimum atomic E-state index is -0.279. The van der Waals surface area contributed by atoms with E-state index in [0.717, 1.165) is 30.1 Å². The summed E-state index contributed by atoms with van der Waals surface area (Å²) in [6.45, 7) is 2.17. The number of benzene rings is 2. The van der Waals surface area contributed by atoms with Gasteiger partial charge in [-0.3, -0.25) is 9.36 Å². The Bertz CT molecular complexity index is 1030. The van der Waals surface area contributed by atoms with Crippen LogP contribution in [0.2, 0.25) is 0 Å². The van der Waals surface area contributed by atoms with Crippen molar-refractivity contribution in [3.8, 4) is 11.4 Å². The number of ether oxygens (including phenoxy) is 1. The predicted molar refractivity (Wildman–Crippen MR) is 113 cm³/mol. The summed E-state index contributed by atoms with van der Waals surface area (Å²) < 4.78 is 21.2. The smallest absolute Gasteiger partial charge is 0.233 e. The Labute approximate surface area is 179 Å². The average molecular weight is 427 g/mol.